The van der Waals surface area contributed by atoms with Crippen LogP contribution in [0, 0.1) is 0 Å². The molecule has 3 rings (SSSR count). The van der Waals surface area contributed by atoms with Gasteiger partial charge in [-0.05, 0) is 56.2 Å². The molecule has 1 aliphatic rings. The molecule has 0 bridgehead atoms. The zero-order valence-corrected chi connectivity index (χ0v) is 18.8. The summed E-state index contributed by atoms with van der Waals surface area (Å²) in [6.45, 7) is 2.90. The Morgan fingerprint density at radius 1 is 1.10 bits per heavy atom. The van der Waals surface area contributed by atoms with Gasteiger partial charge in [0, 0.05) is 25.0 Å². The fourth-order valence-corrected chi connectivity index (χ4v) is 5.42. The number of rotatable bonds is 7. The summed E-state index contributed by atoms with van der Waals surface area (Å²) in [6, 6.07) is 10.3. The van der Waals surface area contributed by atoms with Crippen molar-refractivity contribution in [2.75, 3.05) is 25.5 Å². The first-order valence-corrected chi connectivity index (χ1v) is 12.3. The Morgan fingerprint density at radius 2 is 1.77 bits per heavy atom. The van der Waals surface area contributed by atoms with Gasteiger partial charge < -0.3 is 10.1 Å². The normalized spacial score (nSPS) is 16.5. The lowest BCUT2D eigenvalue weighted by Gasteiger charge is -2.19. The predicted octanol–water partition coefficient (Wildman–Crippen LogP) is 3.77. The molecule has 1 saturated heterocycles. The molecular formula is C21H27N3O4S2. The van der Waals surface area contributed by atoms with Gasteiger partial charge in [-0.2, -0.15) is 4.31 Å². The summed E-state index contributed by atoms with van der Waals surface area (Å²) in [5.74, 6) is 0.558. The molecule has 1 amide bonds. The van der Waals surface area contributed by atoms with Crippen LogP contribution in [0.5, 0.6) is 5.75 Å². The van der Waals surface area contributed by atoms with Crippen LogP contribution in [0.4, 0.5) is 5.69 Å². The molecule has 7 nitrogen and oxygen atoms in total. The van der Waals surface area contributed by atoms with E-state index >= 15 is 0 Å². The van der Waals surface area contributed by atoms with Crippen LogP contribution in [0.15, 0.2) is 52.5 Å². The van der Waals surface area contributed by atoms with Crippen LogP contribution in [0.3, 0.4) is 0 Å². The van der Waals surface area contributed by atoms with Crippen molar-refractivity contribution < 1.29 is 17.9 Å². The summed E-state index contributed by atoms with van der Waals surface area (Å²) in [7, 11) is -1.93. The maximum atomic E-state index is 12.8. The van der Waals surface area contributed by atoms with Crippen molar-refractivity contribution >= 4 is 33.4 Å². The first-order chi connectivity index (χ1) is 14.4. The van der Waals surface area contributed by atoms with Crippen molar-refractivity contribution in [2.24, 2.45) is 0 Å². The summed E-state index contributed by atoms with van der Waals surface area (Å²) in [6.07, 6.45) is 5.30. The molecule has 1 aromatic carbocycles. The predicted molar refractivity (Wildman–Crippen MR) is 118 cm³/mol. The topological polar surface area (TPSA) is 88.6 Å². The number of hydrogen-bond donors (Lipinski definition) is 1. The van der Waals surface area contributed by atoms with Crippen molar-refractivity contribution in [3.8, 4) is 5.75 Å². The molecule has 0 aliphatic carbocycles. The number of methoxy groups -OCH3 is 1. The monoisotopic (exact) mass is 449 g/mol. The van der Waals surface area contributed by atoms with Crippen LogP contribution in [0.25, 0.3) is 0 Å². The number of ether oxygens (including phenoxy) is 1. The van der Waals surface area contributed by atoms with Gasteiger partial charge in [0.25, 0.3) is 0 Å². The van der Waals surface area contributed by atoms with Gasteiger partial charge in [-0.1, -0.05) is 24.6 Å². The highest BCUT2D eigenvalue weighted by atomic mass is 32.2. The van der Waals surface area contributed by atoms with E-state index in [4.69, 9.17) is 4.74 Å². The van der Waals surface area contributed by atoms with Crippen molar-refractivity contribution in [1.29, 1.82) is 0 Å². The first kappa shape index (κ1) is 22.6. The second kappa shape index (κ2) is 10.3. The summed E-state index contributed by atoms with van der Waals surface area (Å²) < 4.78 is 32.3. The molecule has 162 valence electrons. The van der Waals surface area contributed by atoms with Gasteiger partial charge in [0.1, 0.15) is 10.6 Å². The molecule has 30 heavy (non-hydrogen) atoms. The highest BCUT2D eigenvalue weighted by molar-refractivity contribution is 8.00. The van der Waals surface area contributed by atoms with Crippen molar-refractivity contribution in [3.63, 3.8) is 0 Å². The zero-order valence-electron chi connectivity index (χ0n) is 17.2. The SMILES string of the molecule is COc1ccc(NC(=O)C(C)Sc2ccc(S(=O)(=O)N3CCCCCC3)cn2)cc1. The van der Waals surface area contributed by atoms with Gasteiger partial charge >= 0.3 is 0 Å². The summed E-state index contributed by atoms with van der Waals surface area (Å²) >= 11 is 1.28. The van der Waals surface area contributed by atoms with Crippen molar-refractivity contribution in [3.05, 3.63) is 42.6 Å². The molecule has 1 N–H and O–H groups in total. The Hall–Kier alpha value is -2.10. The average Bonchev–Trinajstić information content (AvgIpc) is 3.05. The quantitative estimate of drug-likeness (QED) is 0.647. The van der Waals surface area contributed by atoms with Crippen molar-refractivity contribution in [1.82, 2.24) is 9.29 Å². The maximum absolute atomic E-state index is 12.8. The molecular weight excluding hydrogens is 422 g/mol. The molecule has 0 spiro atoms. The lowest BCUT2D eigenvalue weighted by molar-refractivity contribution is -0.115. The molecule has 1 atom stereocenters. The standard InChI is InChI=1S/C21H27N3O4S2/c1-16(21(25)23-17-7-9-18(28-2)10-8-17)29-20-12-11-19(15-22-20)30(26,27)24-13-5-3-4-6-14-24/h7-12,15-16H,3-6,13-14H2,1-2H3,(H,23,25). The number of aromatic nitrogens is 1. The second-order valence-electron chi connectivity index (χ2n) is 7.13. The van der Waals surface area contributed by atoms with Gasteiger partial charge in [-0.3, -0.25) is 4.79 Å². The number of benzene rings is 1. The van der Waals surface area contributed by atoms with Gasteiger partial charge in [-0.15, -0.1) is 0 Å². The number of carbonyl (C=O) groups is 1. The molecule has 1 unspecified atom stereocenters. The Bertz CT molecular complexity index is 939. The summed E-state index contributed by atoms with van der Waals surface area (Å²) in [5.41, 5.74) is 0.681. The van der Waals surface area contributed by atoms with Crippen molar-refractivity contribution in [2.45, 2.75) is 47.8 Å². The third-order valence-corrected chi connectivity index (χ3v) is 7.87. The highest BCUT2D eigenvalue weighted by Crippen LogP contribution is 2.25. The van der Waals surface area contributed by atoms with E-state index in [0.717, 1.165) is 31.4 Å². The Morgan fingerprint density at radius 3 is 2.33 bits per heavy atom. The van der Waals surface area contributed by atoms with E-state index in [1.807, 2.05) is 0 Å². The number of nitrogens with one attached hydrogen (secondary N) is 1. The van der Waals surface area contributed by atoms with E-state index < -0.39 is 15.3 Å². The average molecular weight is 450 g/mol. The highest BCUT2D eigenvalue weighted by Gasteiger charge is 2.25. The molecule has 2 heterocycles. The Labute approximate surface area is 182 Å². The molecule has 1 aromatic heterocycles. The number of carbonyl (C=O) groups excluding carboxylic acids is 1. The molecule has 1 fully saturated rings. The van der Waals surface area contributed by atoms with Gasteiger partial charge in [-0.25, -0.2) is 13.4 Å². The number of thioether (sulfide) groups is 1. The minimum Gasteiger partial charge on any atom is -0.497 e. The summed E-state index contributed by atoms with van der Waals surface area (Å²) in [5, 5.41) is 3.06. The first-order valence-electron chi connectivity index (χ1n) is 9.98. The fourth-order valence-electron chi connectivity index (χ4n) is 3.17. The maximum Gasteiger partial charge on any atom is 0.244 e. The fraction of sp³-hybridized carbons (Fsp3) is 0.429. The number of sulfonamides is 1. The van der Waals surface area contributed by atoms with Crippen LogP contribution in [0.2, 0.25) is 0 Å². The minimum atomic E-state index is -3.52. The number of pyridine rings is 1. The molecule has 0 saturated carbocycles. The molecule has 0 radical (unpaired) electrons. The molecule has 9 heteroatoms. The lowest BCUT2D eigenvalue weighted by atomic mass is 10.2. The smallest absolute Gasteiger partial charge is 0.244 e. The van der Waals surface area contributed by atoms with E-state index in [1.165, 1.54) is 18.0 Å². The van der Waals surface area contributed by atoms with Crippen LogP contribution in [-0.2, 0) is 14.8 Å². The summed E-state index contributed by atoms with van der Waals surface area (Å²) in [4.78, 5) is 16.9. The minimum absolute atomic E-state index is 0.159. The molecule has 1 aliphatic heterocycles. The Balaban J connectivity index is 1.60. The second-order valence-corrected chi connectivity index (χ2v) is 10.4. The van der Waals surface area contributed by atoms with E-state index in [1.54, 1.807) is 54.7 Å². The third-order valence-electron chi connectivity index (χ3n) is 4.94. The van der Waals surface area contributed by atoms with E-state index in [-0.39, 0.29) is 10.8 Å². The van der Waals surface area contributed by atoms with E-state index in [9.17, 15) is 13.2 Å². The van der Waals surface area contributed by atoms with Gasteiger partial charge in [0.15, 0.2) is 0 Å². The number of nitrogens with zero attached hydrogens (tertiary/aromatic N) is 2. The lowest BCUT2D eigenvalue weighted by Crippen LogP contribution is -2.32. The van der Waals surface area contributed by atoms with Crippen LogP contribution >= 0.6 is 11.8 Å². The van der Waals surface area contributed by atoms with E-state index in [2.05, 4.69) is 10.3 Å². The van der Waals surface area contributed by atoms with E-state index in [0.29, 0.717) is 23.8 Å². The third kappa shape index (κ3) is 5.74. The Kier molecular flexibility index (Phi) is 7.74. The number of hydrogen-bond acceptors (Lipinski definition) is 6. The van der Waals surface area contributed by atoms with Crippen LogP contribution in [0.1, 0.15) is 32.6 Å². The number of anilines is 1. The van der Waals surface area contributed by atoms with Gasteiger partial charge in [0.2, 0.25) is 15.9 Å². The molecule has 2 aromatic rings. The zero-order chi connectivity index (χ0) is 21.6. The number of amides is 1. The largest absolute Gasteiger partial charge is 0.497 e. The van der Waals surface area contributed by atoms with Gasteiger partial charge in [0.05, 0.1) is 17.4 Å². The van der Waals surface area contributed by atoms with Crippen LogP contribution < -0.4 is 10.1 Å². The van der Waals surface area contributed by atoms with Crippen LogP contribution in [-0.4, -0.2) is 49.1 Å².